The van der Waals surface area contributed by atoms with E-state index in [1.807, 2.05) is 30.3 Å². The number of ether oxygens (including phenoxy) is 1. The van der Waals surface area contributed by atoms with Crippen LogP contribution in [0.1, 0.15) is 0 Å². The van der Waals surface area contributed by atoms with E-state index in [0.29, 0.717) is 33.6 Å². The van der Waals surface area contributed by atoms with Crippen LogP contribution in [0.25, 0.3) is 22.7 Å². The van der Waals surface area contributed by atoms with Crippen LogP contribution in [-0.2, 0) is 4.79 Å². The Morgan fingerprint density at radius 3 is 2.57 bits per heavy atom. The third kappa shape index (κ3) is 3.92. The van der Waals surface area contributed by atoms with Gasteiger partial charge < -0.3 is 14.5 Å². The number of hydrogen-bond acceptors (Lipinski definition) is 4. The molecule has 2 aromatic heterocycles. The summed E-state index contributed by atoms with van der Waals surface area (Å²) in [5.41, 5.74) is 2.60. The highest BCUT2D eigenvalue weighted by Gasteiger charge is 2.20. The van der Waals surface area contributed by atoms with E-state index in [9.17, 15) is 4.79 Å². The molecule has 0 atom stereocenters. The molecule has 4 rings (SSSR count). The number of carbonyl (C=O) groups is 1. The van der Waals surface area contributed by atoms with Gasteiger partial charge in [0.2, 0.25) is 0 Å². The molecule has 2 N–H and O–H groups in total. The lowest BCUT2D eigenvalue weighted by Gasteiger charge is -2.09. The average molecular weight is 394 g/mol. The second-order valence-corrected chi connectivity index (χ2v) is 6.39. The van der Waals surface area contributed by atoms with Crippen molar-refractivity contribution in [2.45, 2.75) is 0 Å². The SMILES string of the molecule is O=C(COc1ccc(Cl)cc1)Nc1c(-c2ccccc2)n[nH]c1-c1ccco1. The van der Waals surface area contributed by atoms with Crippen LogP contribution < -0.4 is 10.1 Å². The zero-order chi connectivity index (χ0) is 19.3. The fourth-order valence-electron chi connectivity index (χ4n) is 2.72. The number of H-pyrrole nitrogens is 1. The molecule has 0 unspecified atom stereocenters. The first kappa shape index (κ1) is 17.9. The van der Waals surface area contributed by atoms with E-state index in [1.54, 1.807) is 42.7 Å². The normalized spacial score (nSPS) is 10.6. The van der Waals surface area contributed by atoms with Gasteiger partial charge in [-0.1, -0.05) is 41.9 Å². The molecule has 0 radical (unpaired) electrons. The van der Waals surface area contributed by atoms with Gasteiger partial charge in [-0.05, 0) is 36.4 Å². The van der Waals surface area contributed by atoms with Crippen molar-refractivity contribution in [3.63, 3.8) is 0 Å². The second kappa shape index (κ2) is 8.02. The first-order valence-corrected chi connectivity index (χ1v) is 8.94. The van der Waals surface area contributed by atoms with Crippen molar-refractivity contribution < 1.29 is 13.9 Å². The molecule has 0 bridgehead atoms. The van der Waals surface area contributed by atoms with E-state index in [4.69, 9.17) is 20.8 Å². The van der Waals surface area contributed by atoms with Crippen LogP contribution in [0, 0.1) is 0 Å². The largest absolute Gasteiger partial charge is 0.484 e. The van der Waals surface area contributed by atoms with Crippen LogP contribution in [-0.4, -0.2) is 22.7 Å². The zero-order valence-corrected chi connectivity index (χ0v) is 15.4. The van der Waals surface area contributed by atoms with Crippen molar-refractivity contribution in [1.29, 1.82) is 0 Å². The Balaban J connectivity index is 1.57. The van der Waals surface area contributed by atoms with Crippen molar-refractivity contribution in [2.24, 2.45) is 0 Å². The second-order valence-electron chi connectivity index (χ2n) is 5.96. The van der Waals surface area contributed by atoms with Gasteiger partial charge in [0.05, 0.1) is 12.0 Å². The monoisotopic (exact) mass is 393 g/mol. The van der Waals surface area contributed by atoms with Gasteiger partial charge in [-0.25, -0.2) is 0 Å². The van der Waals surface area contributed by atoms with Gasteiger partial charge in [-0.15, -0.1) is 0 Å². The number of rotatable bonds is 6. The molecule has 0 saturated heterocycles. The molecule has 2 heterocycles. The highest BCUT2D eigenvalue weighted by atomic mass is 35.5. The van der Waals surface area contributed by atoms with E-state index < -0.39 is 0 Å². The Labute approximate surface area is 166 Å². The first-order valence-electron chi connectivity index (χ1n) is 8.56. The van der Waals surface area contributed by atoms with Gasteiger partial charge in [-0.3, -0.25) is 9.89 Å². The molecule has 2 aromatic carbocycles. The average Bonchev–Trinajstić information content (AvgIpc) is 3.38. The van der Waals surface area contributed by atoms with Crippen molar-refractivity contribution in [3.05, 3.63) is 78.0 Å². The summed E-state index contributed by atoms with van der Waals surface area (Å²) in [4.78, 5) is 12.5. The van der Waals surface area contributed by atoms with E-state index in [1.165, 1.54) is 0 Å². The number of aromatic amines is 1. The van der Waals surface area contributed by atoms with Crippen LogP contribution >= 0.6 is 11.6 Å². The van der Waals surface area contributed by atoms with Crippen molar-refractivity contribution in [1.82, 2.24) is 10.2 Å². The predicted molar refractivity (Wildman–Crippen MR) is 107 cm³/mol. The fraction of sp³-hybridized carbons (Fsp3) is 0.0476. The van der Waals surface area contributed by atoms with Crippen LogP contribution in [0.2, 0.25) is 5.02 Å². The van der Waals surface area contributed by atoms with E-state index >= 15 is 0 Å². The number of nitrogens with zero attached hydrogens (tertiary/aromatic N) is 1. The highest BCUT2D eigenvalue weighted by molar-refractivity contribution is 6.30. The number of amides is 1. The van der Waals surface area contributed by atoms with Gasteiger partial charge in [0.1, 0.15) is 17.1 Å². The number of benzene rings is 2. The van der Waals surface area contributed by atoms with Crippen LogP contribution in [0.15, 0.2) is 77.4 Å². The van der Waals surface area contributed by atoms with Crippen LogP contribution in [0.3, 0.4) is 0 Å². The van der Waals surface area contributed by atoms with Gasteiger partial charge in [0.15, 0.2) is 12.4 Å². The topological polar surface area (TPSA) is 80.1 Å². The third-order valence-corrected chi connectivity index (χ3v) is 4.28. The molecule has 140 valence electrons. The molecule has 0 spiro atoms. The van der Waals surface area contributed by atoms with Crippen molar-refractivity contribution >= 4 is 23.2 Å². The lowest BCUT2D eigenvalue weighted by atomic mass is 10.1. The summed E-state index contributed by atoms with van der Waals surface area (Å²) in [6.07, 6.45) is 1.56. The quantitative estimate of drug-likeness (QED) is 0.482. The molecule has 6 nitrogen and oxygen atoms in total. The van der Waals surface area contributed by atoms with Crippen molar-refractivity contribution in [3.8, 4) is 28.5 Å². The number of halogens is 1. The van der Waals surface area contributed by atoms with Crippen LogP contribution in [0.4, 0.5) is 5.69 Å². The number of carbonyl (C=O) groups excluding carboxylic acids is 1. The summed E-state index contributed by atoms with van der Waals surface area (Å²) in [6.45, 7) is -0.154. The maximum absolute atomic E-state index is 12.5. The number of furan rings is 1. The highest BCUT2D eigenvalue weighted by Crippen LogP contribution is 2.35. The maximum atomic E-state index is 12.5. The van der Waals surface area contributed by atoms with Crippen molar-refractivity contribution in [2.75, 3.05) is 11.9 Å². The van der Waals surface area contributed by atoms with E-state index in [0.717, 1.165) is 5.56 Å². The fourth-order valence-corrected chi connectivity index (χ4v) is 2.85. The molecular formula is C21H16ClN3O3. The molecule has 0 fully saturated rings. The Morgan fingerprint density at radius 2 is 1.86 bits per heavy atom. The molecule has 28 heavy (non-hydrogen) atoms. The smallest absolute Gasteiger partial charge is 0.262 e. The maximum Gasteiger partial charge on any atom is 0.262 e. The molecule has 0 aliphatic rings. The van der Waals surface area contributed by atoms with Crippen LogP contribution in [0.5, 0.6) is 5.75 Å². The molecule has 4 aromatic rings. The lowest BCUT2D eigenvalue weighted by molar-refractivity contribution is -0.118. The number of nitrogens with one attached hydrogen (secondary N) is 2. The molecule has 0 aliphatic heterocycles. The minimum absolute atomic E-state index is 0.154. The Morgan fingerprint density at radius 1 is 1.07 bits per heavy atom. The van der Waals surface area contributed by atoms with Gasteiger partial charge in [-0.2, -0.15) is 5.10 Å². The lowest BCUT2D eigenvalue weighted by Crippen LogP contribution is -2.20. The number of aromatic nitrogens is 2. The zero-order valence-electron chi connectivity index (χ0n) is 14.7. The Hall–Kier alpha value is -3.51. The summed E-state index contributed by atoms with van der Waals surface area (Å²) >= 11 is 5.86. The summed E-state index contributed by atoms with van der Waals surface area (Å²) < 4.78 is 11.0. The minimum Gasteiger partial charge on any atom is -0.484 e. The summed E-state index contributed by atoms with van der Waals surface area (Å²) in [5, 5.41) is 10.8. The summed E-state index contributed by atoms with van der Waals surface area (Å²) in [7, 11) is 0. The first-order chi connectivity index (χ1) is 13.7. The Bertz CT molecular complexity index is 1060. The standard InChI is InChI=1S/C21H16ClN3O3/c22-15-8-10-16(11-9-15)28-13-18(26)23-21-19(14-5-2-1-3-6-14)24-25-20(21)17-7-4-12-27-17/h1-12H,13H2,(H,23,26)(H,24,25). The summed E-state index contributed by atoms with van der Waals surface area (Å²) in [5.74, 6) is 0.811. The van der Waals surface area contributed by atoms with Gasteiger partial charge in [0.25, 0.3) is 5.91 Å². The summed E-state index contributed by atoms with van der Waals surface area (Å²) in [6, 6.07) is 20.0. The third-order valence-electron chi connectivity index (χ3n) is 4.03. The molecule has 7 heteroatoms. The number of hydrogen-bond donors (Lipinski definition) is 2. The molecular weight excluding hydrogens is 378 g/mol. The number of anilines is 1. The molecule has 0 aliphatic carbocycles. The Kier molecular flexibility index (Phi) is 5.12. The van der Waals surface area contributed by atoms with E-state index in [2.05, 4.69) is 15.5 Å². The molecule has 1 amide bonds. The minimum atomic E-state index is -0.318. The van der Waals surface area contributed by atoms with Gasteiger partial charge in [0, 0.05) is 10.6 Å². The predicted octanol–water partition coefficient (Wildman–Crippen LogP) is 5.01. The van der Waals surface area contributed by atoms with E-state index in [-0.39, 0.29) is 12.5 Å². The molecule has 0 saturated carbocycles. The van der Waals surface area contributed by atoms with Gasteiger partial charge >= 0.3 is 0 Å².